The molecule has 0 radical (unpaired) electrons. The number of carbonyl (C=O) groups excluding carboxylic acids is 2. The van der Waals surface area contributed by atoms with Crippen molar-refractivity contribution in [3.8, 4) is 6.01 Å². The molecule has 0 atom stereocenters. The second-order valence-corrected chi connectivity index (χ2v) is 11.2. The Balaban J connectivity index is 1.24. The molecule has 2 fully saturated rings. The smallest absolute Gasteiger partial charge is 0.322 e. The van der Waals surface area contributed by atoms with Gasteiger partial charge in [0.2, 0.25) is 17.8 Å². The first-order valence-electron chi connectivity index (χ1n) is 14.6. The standard InChI is InChI=1S/C30H40N8O3/c1-4-26(39)34-22-10-8-21(9-11-22)28(40)35-23-7-5-6-20(16-23)17-32-29-37-30(41-24-12-14-31-15-13-24)36-27-25(19(2)3)18-33-38(27)29/h4-7,16,18-19,21-22,24,31H,1,8-15,17H2,2-3H3,(H,34,39)(H,35,40)(H,32,36,37). The van der Waals surface area contributed by atoms with E-state index in [0.29, 0.717) is 18.5 Å². The Bertz CT molecular complexity index is 1370. The number of carbonyl (C=O) groups is 2. The van der Waals surface area contributed by atoms with E-state index in [1.54, 1.807) is 4.52 Å². The number of rotatable bonds is 10. The number of anilines is 2. The van der Waals surface area contributed by atoms with Gasteiger partial charge in [0.05, 0.1) is 6.20 Å². The van der Waals surface area contributed by atoms with E-state index in [0.717, 1.165) is 74.1 Å². The second kappa shape index (κ2) is 13.1. The van der Waals surface area contributed by atoms with Crippen molar-refractivity contribution in [1.82, 2.24) is 30.2 Å². The summed E-state index contributed by atoms with van der Waals surface area (Å²) in [5.41, 5.74) is 3.51. The van der Waals surface area contributed by atoms with Gasteiger partial charge < -0.3 is 26.0 Å². The quantitative estimate of drug-likeness (QED) is 0.275. The molecule has 5 rings (SSSR count). The SMILES string of the molecule is C=CC(=O)NC1CCC(C(=O)Nc2cccc(CNc3nc(OC4CCNCC4)nc4c(C(C)C)cnn34)c2)CC1. The van der Waals surface area contributed by atoms with Gasteiger partial charge >= 0.3 is 6.01 Å². The van der Waals surface area contributed by atoms with Crippen LogP contribution in [0.4, 0.5) is 11.6 Å². The van der Waals surface area contributed by atoms with E-state index < -0.39 is 0 Å². The Morgan fingerprint density at radius 2 is 1.93 bits per heavy atom. The number of hydrogen-bond acceptors (Lipinski definition) is 8. The number of ether oxygens (including phenoxy) is 1. The van der Waals surface area contributed by atoms with Crippen molar-refractivity contribution in [1.29, 1.82) is 0 Å². The van der Waals surface area contributed by atoms with Crippen LogP contribution in [-0.2, 0) is 16.1 Å². The molecule has 0 spiro atoms. The van der Waals surface area contributed by atoms with Crippen LogP contribution in [0.3, 0.4) is 0 Å². The minimum absolute atomic E-state index is 0.0126. The number of nitrogens with zero attached hydrogens (tertiary/aromatic N) is 4. The van der Waals surface area contributed by atoms with Crippen LogP contribution in [0.2, 0.25) is 0 Å². The number of amides is 2. The van der Waals surface area contributed by atoms with Crippen molar-refractivity contribution in [2.75, 3.05) is 23.7 Å². The molecule has 1 aromatic carbocycles. The minimum atomic E-state index is -0.163. The minimum Gasteiger partial charge on any atom is -0.460 e. The average molecular weight is 561 g/mol. The third kappa shape index (κ3) is 7.21. The summed E-state index contributed by atoms with van der Waals surface area (Å²) in [5, 5.41) is 17.3. The Hall–Kier alpha value is -3.99. The van der Waals surface area contributed by atoms with Crippen molar-refractivity contribution >= 4 is 29.1 Å². The lowest BCUT2D eigenvalue weighted by molar-refractivity contribution is -0.121. The number of fused-ring (bicyclic) bond motifs is 1. The van der Waals surface area contributed by atoms with Crippen LogP contribution in [0.5, 0.6) is 6.01 Å². The van der Waals surface area contributed by atoms with Gasteiger partial charge in [0, 0.05) is 29.8 Å². The Labute approximate surface area is 240 Å². The molecule has 0 bridgehead atoms. The van der Waals surface area contributed by atoms with Gasteiger partial charge in [0.15, 0.2) is 5.65 Å². The lowest BCUT2D eigenvalue weighted by Gasteiger charge is -2.28. The van der Waals surface area contributed by atoms with Crippen molar-refractivity contribution < 1.29 is 14.3 Å². The molecule has 218 valence electrons. The zero-order valence-electron chi connectivity index (χ0n) is 23.9. The topological polar surface area (TPSA) is 135 Å². The average Bonchev–Trinajstić information content (AvgIpc) is 3.41. The first-order chi connectivity index (χ1) is 19.9. The zero-order valence-corrected chi connectivity index (χ0v) is 23.9. The normalized spacial score (nSPS) is 19.6. The molecule has 1 saturated carbocycles. The maximum atomic E-state index is 13.0. The molecule has 11 heteroatoms. The fourth-order valence-electron chi connectivity index (χ4n) is 5.46. The molecular weight excluding hydrogens is 520 g/mol. The zero-order chi connectivity index (χ0) is 28.8. The molecule has 4 N–H and O–H groups in total. The van der Waals surface area contributed by atoms with Crippen molar-refractivity contribution in [2.45, 2.75) is 77.0 Å². The molecule has 1 saturated heterocycles. The van der Waals surface area contributed by atoms with E-state index in [1.165, 1.54) is 6.08 Å². The maximum Gasteiger partial charge on any atom is 0.322 e. The Morgan fingerprint density at radius 1 is 1.15 bits per heavy atom. The van der Waals surface area contributed by atoms with Crippen molar-refractivity contribution in [3.63, 3.8) is 0 Å². The monoisotopic (exact) mass is 560 g/mol. The van der Waals surface area contributed by atoms with E-state index in [9.17, 15) is 9.59 Å². The largest absolute Gasteiger partial charge is 0.460 e. The number of hydrogen-bond donors (Lipinski definition) is 4. The fraction of sp³-hybridized carbons (Fsp3) is 0.500. The first-order valence-corrected chi connectivity index (χ1v) is 14.6. The molecule has 2 aliphatic rings. The van der Waals surface area contributed by atoms with Gasteiger partial charge in [-0.1, -0.05) is 32.6 Å². The van der Waals surface area contributed by atoms with E-state index in [-0.39, 0.29) is 35.8 Å². The fourth-order valence-corrected chi connectivity index (χ4v) is 5.46. The van der Waals surface area contributed by atoms with Crippen LogP contribution in [0.25, 0.3) is 5.65 Å². The van der Waals surface area contributed by atoms with Crippen molar-refractivity contribution in [3.05, 3.63) is 54.2 Å². The third-order valence-electron chi connectivity index (χ3n) is 7.83. The highest BCUT2D eigenvalue weighted by Crippen LogP contribution is 2.27. The number of piperidine rings is 1. The second-order valence-electron chi connectivity index (χ2n) is 11.2. The van der Waals surface area contributed by atoms with Gasteiger partial charge in [-0.2, -0.15) is 19.6 Å². The summed E-state index contributed by atoms with van der Waals surface area (Å²) in [6.45, 7) is 10.1. The van der Waals surface area contributed by atoms with Crippen molar-refractivity contribution in [2.24, 2.45) is 5.92 Å². The lowest BCUT2D eigenvalue weighted by atomic mass is 9.85. The highest BCUT2D eigenvalue weighted by Gasteiger charge is 2.27. The molecule has 3 heterocycles. The summed E-state index contributed by atoms with van der Waals surface area (Å²) in [6, 6.07) is 8.25. The summed E-state index contributed by atoms with van der Waals surface area (Å²) < 4.78 is 7.92. The summed E-state index contributed by atoms with van der Waals surface area (Å²) in [5.74, 6) is 0.586. The van der Waals surface area contributed by atoms with Crippen LogP contribution >= 0.6 is 0 Å². The van der Waals surface area contributed by atoms with Crippen LogP contribution in [-0.4, -0.2) is 56.6 Å². The predicted octanol–water partition coefficient (Wildman–Crippen LogP) is 3.79. The van der Waals surface area contributed by atoms with Gasteiger partial charge in [-0.3, -0.25) is 9.59 Å². The lowest BCUT2D eigenvalue weighted by Crippen LogP contribution is -2.38. The molecule has 11 nitrogen and oxygen atoms in total. The third-order valence-corrected chi connectivity index (χ3v) is 7.83. The molecule has 3 aromatic rings. The van der Waals surface area contributed by atoms with Gasteiger partial charge in [-0.05, 0) is 81.3 Å². The number of benzene rings is 1. The molecule has 1 aliphatic heterocycles. The first kappa shape index (κ1) is 28.5. The summed E-state index contributed by atoms with van der Waals surface area (Å²) >= 11 is 0. The Morgan fingerprint density at radius 3 is 2.66 bits per heavy atom. The van der Waals surface area contributed by atoms with Crippen LogP contribution in [0.15, 0.2) is 43.1 Å². The molecule has 2 aromatic heterocycles. The Kier molecular flexibility index (Phi) is 9.13. The number of aromatic nitrogens is 4. The van der Waals surface area contributed by atoms with E-state index in [2.05, 4.69) is 51.8 Å². The van der Waals surface area contributed by atoms with E-state index in [1.807, 2.05) is 30.5 Å². The van der Waals surface area contributed by atoms with Gasteiger partial charge in [0.25, 0.3) is 0 Å². The number of nitrogens with one attached hydrogen (secondary N) is 4. The van der Waals surface area contributed by atoms with E-state index in [4.69, 9.17) is 9.72 Å². The highest BCUT2D eigenvalue weighted by atomic mass is 16.5. The van der Waals surface area contributed by atoms with Gasteiger partial charge in [-0.25, -0.2) is 0 Å². The van der Waals surface area contributed by atoms with Gasteiger partial charge in [0.1, 0.15) is 6.10 Å². The molecule has 0 unspecified atom stereocenters. The van der Waals surface area contributed by atoms with E-state index >= 15 is 0 Å². The molecule has 2 amide bonds. The van der Waals surface area contributed by atoms with Crippen LogP contribution < -0.4 is 26.0 Å². The maximum absolute atomic E-state index is 13.0. The predicted molar refractivity (Wildman–Crippen MR) is 158 cm³/mol. The molecular formula is C30H40N8O3. The summed E-state index contributed by atoms with van der Waals surface area (Å²) in [4.78, 5) is 33.9. The highest BCUT2D eigenvalue weighted by molar-refractivity contribution is 5.92. The molecule has 41 heavy (non-hydrogen) atoms. The summed E-state index contributed by atoms with van der Waals surface area (Å²) in [7, 11) is 0. The summed E-state index contributed by atoms with van der Waals surface area (Å²) in [6.07, 6.45) is 8.08. The van der Waals surface area contributed by atoms with Crippen LogP contribution in [0.1, 0.15) is 69.4 Å². The van der Waals surface area contributed by atoms with Crippen LogP contribution in [0, 0.1) is 5.92 Å². The molecule has 1 aliphatic carbocycles. The van der Waals surface area contributed by atoms with Gasteiger partial charge in [-0.15, -0.1) is 0 Å².